The lowest BCUT2D eigenvalue weighted by Gasteiger charge is -2.49. The standard InChI is InChI=1S/C18H18N2O7S/c1-9(21)27-7-11-8-28-17-13(16(23)20(17)14(11)18(24)25)19-15(22)10-4-3-5-12(6-10)26-2/h3-6,13,17H,7-8H2,1-2H3,(H,19,22)(H,24,25)/t13-,17-/m1/s1. The number of thioether (sulfide) groups is 1. The number of amides is 2. The molecule has 1 aromatic rings. The van der Waals surface area contributed by atoms with Crippen molar-refractivity contribution in [2.45, 2.75) is 18.3 Å². The van der Waals surface area contributed by atoms with Crippen LogP contribution in [-0.2, 0) is 19.1 Å². The first-order valence-electron chi connectivity index (χ1n) is 8.31. The van der Waals surface area contributed by atoms with Gasteiger partial charge >= 0.3 is 11.9 Å². The Balaban J connectivity index is 1.75. The molecule has 2 aliphatic heterocycles. The number of carboxylic acids is 1. The molecule has 10 heteroatoms. The van der Waals surface area contributed by atoms with E-state index in [0.717, 1.165) is 4.90 Å². The van der Waals surface area contributed by atoms with Crippen molar-refractivity contribution in [3.63, 3.8) is 0 Å². The molecule has 9 nitrogen and oxygen atoms in total. The van der Waals surface area contributed by atoms with Gasteiger partial charge in [-0.25, -0.2) is 4.79 Å². The van der Waals surface area contributed by atoms with Crippen LogP contribution in [0.4, 0.5) is 0 Å². The molecule has 2 amide bonds. The lowest BCUT2D eigenvalue weighted by Crippen LogP contribution is -2.70. The van der Waals surface area contributed by atoms with E-state index >= 15 is 0 Å². The number of aliphatic carboxylic acids is 1. The predicted molar refractivity (Wildman–Crippen MR) is 98.6 cm³/mol. The van der Waals surface area contributed by atoms with Gasteiger partial charge in [-0.15, -0.1) is 11.8 Å². The van der Waals surface area contributed by atoms with Crippen molar-refractivity contribution in [2.75, 3.05) is 19.5 Å². The van der Waals surface area contributed by atoms with Gasteiger partial charge in [0.05, 0.1) is 7.11 Å². The van der Waals surface area contributed by atoms with Crippen LogP contribution in [0.15, 0.2) is 35.5 Å². The molecule has 2 heterocycles. The first-order valence-corrected chi connectivity index (χ1v) is 9.36. The molecule has 148 valence electrons. The van der Waals surface area contributed by atoms with Gasteiger partial charge < -0.3 is 19.9 Å². The maximum atomic E-state index is 12.6. The fourth-order valence-electron chi connectivity index (χ4n) is 2.97. The molecule has 0 spiro atoms. The number of carboxylic acid groups (broad SMARTS) is 1. The highest BCUT2D eigenvalue weighted by atomic mass is 32.2. The van der Waals surface area contributed by atoms with Crippen LogP contribution in [0, 0.1) is 0 Å². The number of benzene rings is 1. The van der Waals surface area contributed by atoms with E-state index in [-0.39, 0.29) is 18.1 Å². The molecule has 0 aromatic heterocycles. The number of nitrogens with zero attached hydrogens (tertiary/aromatic N) is 1. The number of carbonyl (C=O) groups is 4. The monoisotopic (exact) mass is 406 g/mol. The van der Waals surface area contributed by atoms with Crippen molar-refractivity contribution in [2.24, 2.45) is 0 Å². The number of esters is 1. The second-order valence-corrected chi connectivity index (χ2v) is 7.24. The third kappa shape index (κ3) is 3.68. The summed E-state index contributed by atoms with van der Waals surface area (Å²) in [4.78, 5) is 48.8. The molecule has 0 bridgehead atoms. The van der Waals surface area contributed by atoms with Crippen LogP contribution in [0.2, 0.25) is 0 Å². The summed E-state index contributed by atoms with van der Waals surface area (Å²) in [5.74, 6) is -2.02. The maximum Gasteiger partial charge on any atom is 0.352 e. The minimum absolute atomic E-state index is 0.193. The van der Waals surface area contributed by atoms with Gasteiger partial charge in [0.1, 0.15) is 29.5 Å². The van der Waals surface area contributed by atoms with Crippen LogP contribution >= 0.6 is 11.8 Å². The van der Waals surface area contributed by atoms with Gasteiger partial charge in [0.2, 0.25) is 0 Å². The molecule has 1 fully saturated rings. The molecule has 2 atom stereocenters. The van der Waals surface area contributed by atoms with Crippen LogP contribution in [0.25, 0.3) is 0 Å². The van der Waals surface area contributed by atoms with E-state index in [2.05, 4.69) is 5.32 Å². The van der Waals surface area contributed by atoms with Gasteiger partial charge in [-0.05, 0) is 18.2 Å². The summed E-state index contributed by atoms with van der Waals surface area (Å²) in [5, 5.41) is 11.6. The van der Waals surface area contributed by atoms with E-state index in [9.17, 15) is 24.3 Å². The Hall–Kier alpha value is -3.01. The second kappa shape index (κ2) is 7.93. The van der Waals surface area contributed by atoms with Crippen molar-refractivity contribution >= 4 is 35.5 Å². The molecule has 3 rings (SSSR count). The molecule has 28 heavy (non-hydrogen) atoms. The molecule has 2 N–H and O–H groups in total. The minimum atomic E-state index is -1.28. The van der Waals surface area contributed by atoms with Crippen LogP contribution in [0.5, 0.6) is 5.75 Å². The Labute approximate surface area is 164 Å². The number of β-lactam (4-membered cyclic amide) rings is 1. The van der Waals surface area contributed by atoms with Gasteiger partial charge in [-0.1, -0.05) is 6.07 Å². The third-order valence-electron chi connectivity index (χ3n) is 4.32. The third-order valence-corrected chi connectivity index (χ3v) is 5.66. The van der Waals surface area contributed by atoms with E-state index in [0.29, 0.717) is 16.9 Å². The van der Waals surface area contributed by atoms with Crippen molar-refractivity contribution in [3.05, 3.63) is 41.1 Å². The lowest BCUT2D eigenvalue weighted by molar-refractivity contribution is -0.149. The van der Waals surface area contributed by atoms with Gasteiger partial charge in [0.15, 0.2) is 0 Å². The largest absolute Gasteiger partial charge is 0.497 e. The molecular formula is C18H18N2O7S. The van der Waals surface area contributed by atoms with Crippen LogP contribution in [0.1, 0.15) is 17.3 Å². The predicted octanol–water partition coefficient (Wildman–Crippen LogP) is 0.610. The van der Waals surface area contributed by atoms with Gasteiger partial charge in [-0.2, -0.15) is 0 Å². The fourth-order valence-corrected chi connectivity index (χ4v) is 4.30. The van der Waals surface area contributed by atoms with Gasteiger partial charge in [0.25, 0.3) is 11.8 Å². The zero-order valence-electron chi connectivity index (χ0n) is 15.1. The molecule has 2 aliphatic rings. The SMILES string of the molecule is COc1cccc(C(=O)N[C@@H]2C(=O)N3C(C(=O)O)=C(COC(C)=O)CS[C@H]23)c1. The van der Waals surface area contributed by atoms with Crippen LogP contribution < -0.4 is 10.1 Å². The first kappa shape index (κ1) is 19.7. The van der Waals surface area contributed by atoms with Crippen molar-refractivity contribution < 1.29 is 33.8 Å². The molecule has 0 radical (unpaired) electrons. The number of nitrogens with one attached hydrogen (secondary N) is 1. The van der Waals surface area contributed by atoms with E-state index in [1.54, 1.807) is 24.3 Å². The lowest BCUT2D eigenvalue weighted by atomic mass is 10.0. The summed E-state index contributed by atoms with van der Waals surface area (Å²) >= 11 is 1.30. The normalized spacial score (nSPS) is 20.8. The van der Waals surface area contributed by atoms with E-state index in [1.807, 2.05) is 0 Å². The Morgan fingerprint density at radius 1 is 1.36 bits per heavy atom. The summed E-state index contributed by atoms with van der Waals surface area (Å²) in [7, 11) is 1.48. The van der Waals surface area contributed by atoms with E-state index in [4.69, 9.17) is 9.47 Å². The number of carbonyl (C=O) groups excluding carboxylic acids is 3. The number of ether oxygens (including phenoxy) is 2. The van der Waals surface area contributed by atoms with Crippen LogP contribution in [-0.4, -0.2) is 64.6 Å². The fraction of sp³-hybridized carbons (Fsp3) is 0.333. The van der Waals surface area contributed by atoms with Gasteiger partial charge in [-0.3, -0.25) is 19.3 Å². The highest BCUT2D eigenvalue weighted by Gasteiger charge is 2.54. The molecule has 1 saturated heterocycles. The molecule has 0 saturated carbocycles. The zero-order valence-corrected chi connectivity index (χ0v) is 15.9. The summed E-state index contributed by atoms with van der Waals surface area (Å²) in [6.45, 7) is 1.03. The summed E-state index contributed by atoms with van der Waals surface area (Å²) in [6.07, 6.45) is 0. The quantitative estimate of drug-likeness (QED) is 0.521. The Bertz CT molecular complexity index is 882. The smallest absolute Gasteiger partial charge is 0.352 e. The summed E-state index contributed by atoms with van der Waals surface area (Å²) < 4.78 is 9.97. The summed E-state index contributed by atoms with van der Waals surface area (Å²) in [5.41, 5.74) is 0.479. The van der Waals surface area contributed by atoms with Crippen LogP contribution in [0.3, 0.4) is 0 Å². The average Bonchev–Trinajstić information content (AvgIpc) is 2.69. The van der Waals surface area contributed by atoms with E-state index in [1.165, 1.54) is 25.8 Å². The number of hydrogen-bond donors (Lipinski definition) is 2. The number of rotatable bonds is 6. The molecule has 0 unspecified atom stereocenters. The van der Waals surface area contributed by atoms with E-state index < -0.39 is 35.2 Å². The highest BCUT2D eigenvalue weighted by molar-refractivity contribution is 8.00. The zero-order chi connectivity index (χ0) is 20.4. The van der Waals surface area contributed by atoms with Crippen molar-refractivity contribution in [1.82, 2.24) is 10.2 Å². The topological polar surface area (TPSA) is 122 Å². The summed E-state index contributed by atoms with van der Waals surface area (Å²) in [6, 6.07) is 5.65. The minimum Gasteiger partial charge on any atom is -0.497 e. The van der Waals surface area contributed by atoms with Crippen molar-refractivity contribution in [1.29, 1.82) is 0 Å². The maximum absolute atomic E-state index is 12.6. The molecular weight excluding hydrogens is 388 g/mol. The molecule has 1 aromatic carbocycles. The first-order chi connectivity index (χ1) is 13.3. The Kier molecular flexibility index (Phi) is 5.59. The highest BCUT2D eigenvalue weighted by Crippen LogP contribution is 2.40. The average molecular weight is 406 g/mol. The second-order valence-electron chi connectivity index (χ2n) is 6.13. The van der Waals surface area contributed by atoms with Crippen molar-refractivity contribution in [3.8, 4) is 5.75 Å². The molecule has 0 aliphatic carbocycles. The Morgan fingerprint density at radius 3 is 2.75 bits per heavy atom. The number of fused-ring (bicyclic) bond motifs is 1. The Morgan fingerprint density at radius 2 is 2.11 bits per heavy atom. The van der Waals surface area contributed by atoms with Gasteiger partial charge in [0, 0.05) is 23.8 Å². The number of methoxy groups -OCH3 is 1. The number of hydrogen-bond acceptors (Lipinski definition) is 7.